The summed E-state index contributed by atoms with van der Waals surface area (Å²) in [5.74, 6) is 0.765. The minimum Gasteiger partial charge on any atom is -0.383 e. The standard InChI is InChI=1S/C14H28N2O/c1-12(2)14(6-7-15-10-14)11-16(8-9-17-3)13-4-5-13/h12-13,15H,4-11H2,1-3H3. The Bertz CT molecular complexity index is 232. The predicted molar refractivity (Wildman–Crippen MR) is 71.2 cm³/mol. The zero-order chi connectivity index (χ0) is 12.3. The molecular weight excluding hydrogens is 212 g/mol. The predicted octanol–water partition coefficient (Wildman–Crippen LogP) is 1.73. The van der Waals surface area contributed by atoms with Gasteiger partial charge >= 0.3 is 0 Å². The van der Waals surface area contributed by atoms with E-state index in [0.29, 0.717) is 5.41 Å². The zero-order valence-electron chi connectivity index (χ0n) is 11.7. The molecule has 2 rings (SSSR count). The van der Waals surface area contributed by atoms with E-state index in [1.165, 1.54) is 38.9 Å². The van der Waals surface area contributed by atoms with Crippen molar-refractivity contribution in [2.24, 2.45) is 11.3 Å². The minimum absolute atomic E-state index is 0.496. The fraction of sp³-hybridized carbons (Fsp3) is 1.00. The summed E-state index contributed by atoms with van der Waals surface area (Å²) in [5.41, 5.74) is 0.496. The Hall–Kier alpha value is -0.120. The summed E-state index contributed by atoms with van der Waals surface area (Å²) in [7, 11) is 1.81. The number of hydrogen-bond acceptors (Lipinski definition) is 3. The fourth-order valence-electron chi connectivity index (χ4n) is 3.02. The van der Waals surface area contributed by atoms with Crippen LogP contribution in [0.2, 0.25) is 0 Å². The molecule has 3 nitrogen and oxygen atoms in total. The lowest BCUT2D eigenvalue weighted by molar-refractivity contribution is 0.0828. The summed E-state index contributed by atoms with van der Waals surface area (Å²) in [6.07, 6.45) is 4.12. The molecule has 0 aromatic carbocycles. The van der Waals surface area contributed by atoms with Gasteiger partial charge in [0, 0.05) is 32.8 Å². The number of hydrogen-bond donors (Lipinski definition) is 1. The summed E-state index contributed by atoms with van der Waals surface area (Å²) in [4.78, 5) is 2.68. The average molecular weight is 240 g/mol. The number of ether oxygens (including phenoxy) is 1. The van der Waals surface area contributed by atoms with Crippen LogP contribution in [0.15, 0.2) is 0 Å². The molecule has 0 bridgehead atoms. The van der Waals surface area contributed by atoms with Crippen LogP contribution in [0.1, 0.15) is 33.1 Å². The smallest absolute Gasteiger partial charge is 0.0589 e. The number of nitrogens with one attached hydrogen (secondary N) is 1. The zero-order valence-corrected chi connectivity index (χ0v) is 11.7. The number of methoxy groups -OCH3 is 1. The van der Waals surface area contributed by atoms with Crippen LogP contribution in [0.4, 0.5) is 0 Å². The van der Waals surface area contributed by atoms with Crippen molar-refractivity contribution >= 4 is 0 Å². The lowest BCUT2D eigenvalue weighted by atomic mass is 9.76. The van der Waals surface area contributed by atoms with Gasteiger partial charge in [0.15, 0.2) is 0 Å². The molecule has 1 atom stereocenters. The van der Waals surface area contributed by atoms with Crippen molar-refractivity contribution in [1.29, 1.82) is 0 Å². The summed E-state index contributed by atoms with van der Waals surface area (Å²) in [6, 6.07) is 0.848. The second kappa shape index (κ2) is 5.68. The Morgan fingerprint density at radius 1 is 1.41 bits per heavy atom. The molecule has 1 saturated heterocycles. The molecule has 1 unspecified atom stereocenters. The molecular formula is C14H28N2O. The van der Waals surface area contributed by atoms with Gasteiger partial charge in [0.25, 0.3) is 0 Å². The molecule has 1 N–H and O–H groups in total. The summed E-state index contributed by atoms with van der Waals surface area (Å²) in [5, 5.41) is 3.56. The van der Waals surface area contributed by atoms with Crippen LogP contribution in [0.3, 0.4) is 0 Å². The van der Waals surface area contributed by atoms with Crippen LogP contribution < -0.4 is 5.32 Å². The van der Waals surface area contributed by atoms with E-state index in [2.05, 4.69) is 24.1 Å². The SMILES string of the molecule is COCCN(CC1(C(C)C)CCNC1)C1CC1. The van der Waals surface area contributed by atoms with Crippen LogP contribution in [0.25, 0.3) is 0 Å². The molecule has 2 fully saturated rings. The van der Waals surface area contributed by atoms with Gasteiger partial charge in [-0.2, -0.15) is 0 Å². The Morgan fingerprint density at radius 3 is 2.65 bits per heavy atom. The van der Waals surface area contributed by atoms with Crippen molar-refractivity contribution in [2.75, 3.05) is 39.9 Å². The summed E-state index contributed by atoms with van der Waals surface area (Å²) in [6.45, 7) is 10.4. The molecule has 1 aliphatic carbocycles. The molecule has 1 saturated carbocycles. The van der Waals surface area contributed by atoms with E-state index in [1.807, 2.05) is 0 Å². The highest BCUT2D eigenvalue weighted by Gasteiger charge is 2.41. The topological polar surface area (TPSA) is 24.5 Å². The normalized spacial score (nSPS) is 29.5. The van der Waals surface area contributed by atoms with Gasteiger partial charge in [-0.25, -0.2) is 0 Å². The summed E-state index contributed by atoms with van der Waals surface area (Å²) >= 11 is 0. The number of nitrogens with zero attached hydrogens (tertiary/aromatic N) is 1. The third-order valence-corrected chi connectivity index (χ3v) is 4.67. The molecule has 3 heteroatoms. The second-order valence-corrected chi connectivity index (χ2v) is 6.14. The van der Waals surface area contributed by atoms with E-state index in [9.17, 15) is 0 Å². The van der Waals surface area contributed by atoms with Crippen LogP contribution in [0.5, 0.6) is 0 Å². The third-order valence-electron chi connectivity index (χ3n) is 4.67. The van der Waals surface area contributed by atoms with Gasteiger partial charge < -0.3 is 10.1 Å². The van der Waals surface area contributed by atoms with Crippen molar-refractivity contribution in [1.82, 2.24) is 10.2 Å². The highest BCUT2D eigenvalue weighted by molar-refractivity contribution is 4.96. The molecule has 1 heterocycles. The lowest BCUT2D eigenvalue weighted by Gasteiger charge is -2.38. The molecule has 0 radical (unpaired) electrons. The van der Waals surface area contributed by atoms with Crippen molar-refractivity contribution in [3.63, 3.8) is 0 Å². The first-order valence-corrected chi connectivity index (χ1v) is 7.12. The van der Waals surface area contributed by atoms with Gasteiger partial charge in [0.2, 0.25) is 0 Å². The van der Waals surface area contributed by atoms with Gasteiger partial charge in [-0.15, -0.1) is 0 Å². The molecule has 0 aromatic rings. The maximum absolute atomic E-state index is 5.25. The van der Waals surface area contributed by atoms with Crippen LogP contribution in [0, 0.1) is 11.3 Å². The van der Waals surface area contributed by atoms with Gasteiger partial charge in [-0.1, -0.05) is 13.8 Å². The van der Waals surface area contributed by atoms with E-state index in [-0.39, 0.29) is 0 Å². The van der Waals surface area contributed by atoms with Crippen LogP contribution in [-0.2, 0) is 4.74 Å². The molecule has 2 aliphatic rings. The number of rotatable bonds is 7. The van der Waals surface area contributed by atoms with Crippen molar-refractivity contribution in [2.45, 2.75) is 39.2 Å². The fourth-order valence-corrected chi connectivity index (χ4v) is 3.02. The van der Waals surface area contributed by atoms with E-state index in [1.54, 1.807) is 7.11 Å². The van der Waals surface area contributed by atoms with Crippen LogP contribution in [-0.4, -0.2) is 50.8 Å². The van der Waals surface area contributed by atoms with Crippen molar-refractivity contribution in [3.8, 4) is 0 Å². The first-order valence-electron chi connectivity index (χ1n) is 7.12. The Balaban J connectivity index is 1.94. The van der Waals surface area contributed by atoms with E-state index in [0.717, 1.165) is 25.1 Å². The third kappa shape index (κ3) is 3.21. The molecule has 1 aliphatic heterocycles. The molecule has 17 heavy (non-hydrogen) atoms. The van der Waals surface area contributed by atoms with Crippen molar-refractivity contribution < 1.29 is 4.74 Å². The van der Waals surface area contributed by atoms with Crippen molar-refractivity contribution in [3.05, 3.63) is 0 Å². The maximum atomic E-state index is 5.25. The van der Waals surface area contributed by atoms with E-state index < -0.39 is 0 Å². The van der Waals surface area contributed by atoms with Gasteiger partial charge in [0.05, 0.1) is 6.61 Å². The van der Waals surface area contributed by atoms with E-state index in [4.69, 9.17) is 4.74 Å². The first kappa shape index (κ1) is 13.3. The Morgan fingerprint density at radius 2 is 2.18 bits per heavy atom. The monoisotopic (exact) mass is 240 g/mol. The van der Waals surface area contributed by atoms with Crippen LogP contribution >= 0.6 is 0 Å². The highest BCUT2D eigenvalue weighted by Crippen LogP contribution is 2.38. The summed E-state index contributed by atoms with van der Waals surface area (Å²) < 4.78 is 5.25. The average Bonchev–Trinajstić information content (AvgIpc) is 3.04. The first-order chi connectivity index (χ1) is 8.18. The molecule has 100 valence electrons. The Labute approximate surface area is 106 Å². The second-order valence-electron chi connectivity index (χ2n) is 6.14. The van der Waals surface area contributed by atoms with Gasteiger partial charge in [-0.05, 0) is 37.1 Å². The lowest BCUT2D eigenvalue weighted by Crippen LogP contribution is -2.44. The molecule has 0 amide bonds. The van der Waals surface area contributed by atoms with E-state index >= 15 is 0 Å². The quantitative estimate of drug-likeness (QED) is 0.733. The van der Waals surface area contributed by atoms with Gasteiger partial charge in [-0.3, -0.25) is 4.90 Å². The molecule has 0 spiro atoms. The maximum Gasteiger partial charge on any atom is 0.0589 e. The Kier molecular flexibility index (Phi) is 4.45. The minimum atomic E-state index is 0.496. The largest absolute Gasteiger partial charge is 0.383 e. The van der Waals surface area contributed by atoms with Gasteiger partial charge in [0.1, 0.15) is 0 Å². The highest BCUT2D eigenvalue weighted by atomic mass is 16.5. The molecule has 0 aromatic heterocycles.